The van der Waals surface area contributed by atoms with E-state index in [1.165, 1.54) is 5.56 Å². The molecule has 0 saturated heterocycles. The second-order valence-electron chi connectivity index (χ2n) is 9.60. The second kappa shape index (κ2) is 8.91. The van der Waals surface area contributed by atoms with Crippen molar-refractivity contribution in [1.82, 2.24) is 19.7 Å². The molecule has 0 amide bonds. The van der Waals surface area contributed by atoms with Crippen molar-refractivity contribution in [3.63, 3.8) is 0 Å². The van der Waals surface area contributed by atoms with E-state index in [0.29, 0.717) is 24.2 Å². The third-order valence-electron chi connectivity index (χ3n) is 5.86. The van der Waals surface area contributed by atoms with Gasteiger partial charge in [0.15, 0.2) is 0 Å². The maximum Gasteiger partial charge on any atom is 0.220 e. The summed E-state index contributed by atoms with van der Waals surface area (Å²) >= 11 is 0. The number of aromatic nitrogens is 4. The lowest BCUT2D eigenvalue weighted by molar-refractivity contribution is 0.0817. The Balaban J connectivity index is 1.60. The van der Waals surface area contributed by atoms with Crippen molar-refractivity contribution >= 4 is 41.3 Å². The van der Waals surface area contributed by atoms with Gasteiger partial charge in [0.2, 0.25) is 5.16 Å². The minimum atomic E-state index is -1.27. The lowest BCUT2D eigenvalue weighted by Crippen LogP contribution is -2.33. The van der Waals surface area contributed by atoms with Gasteiger partial charge in [0.05, 0.1) is 40.4 Å². The summed E-state index contributed by atoms with van der Waals surface area (Å²) in [5, 5.41) is 6.01. The summed E-state index contributed by atoms with van der Waals surface area (Å²) in [4.78, 5) is 11.1. The number of fused-ring (bicyclic) bond motifs is 2. The van der Waals surface area contributed by atoms with Crippen molar-refractivity contribution in [3.8, 4) is 0 Å². The summed E-state index contributed by atoms with van der Waals surface area (Å²) in [5.41, 5.74) is 11.4. The Kier molecular flexibility index (Phi) is 6.37. The van der Waals surface area contributed by atoms with Crippen molar-refractivity contribution in [1.29, 1.82) is 0 Å². The Bertz CT molecular complexity index is 1170. The van der Waals surface area contributed by atoms with Crippen LogP contribution in [0.2, 0.25) is 25.7 Å². The number of hydrogen-bond acceptors (Lipinski definition) is 7. The van der Waals surface area contributed by atoms with Crippen LogP contribution in [0.25, 0.3) is 10.9 Å². The molecule has 0 fully saturated rings. The average Bonchev–Trinajstić information content (AvgIpc) is 3.12. The summed E-state index contributed by atoms with van der Waals surface area (Å²) in [6, 6.07) is 5.38. The fourth-order valence-electron chi connectivity index (χ4n) is 4.06. The van der Waals surface area contributed by atoms with E-state index in [2.05, 4.69) is 58.7 Å². The Morgan fingerprint density at radius 3 is 2.75 bits per heavy atom. The van der Waals surface area contributed by atoms with Gasteiger partial charge in [-0.05, 0) is 31.0 Å². The molecule has 0 bridgehead atoms. The van der Waals surface area contributed by atoms with E-state index in [9.17, 15) is 4.21 Å². The highest BCUT2D eigenvalue weighted by Crippen LogP contribution is 2.34. The number of nitrogens with two attached hydrogens (primary N) is 1. The fraction of sp³-hybridized carbons (Fsp3) is 0.500. The van der Waals surface area contributed by atoms with Gasteiger partial charge in [-0.2, -0.15) is 5.10 Å². The fourth-order valence-corrected chi connectivity index (χ4v) is 5.28. The molecule has 0 radical (unpaired) electrons. The zero-order chi connectivity index (χ0) is 23.0. The number of nitrogens with zero attached hydrogens (tertiary/aromatic N) is 5. The highest BCUT2D eigenvalue weighted by Gasteiger charge is 2.25. The maximum absolute atomic E-state index is 11.9. The van der Waals surface area contributed by atoms with E-state index in [1.54, 1.807) is 6.26 Å². The third-order valence-corrected chi connectivity index (χ3v) is 8.26. The summed E-state index contributed by atoms with van der Waals surface area (Å²) in [6.07, 6.45) is 4.25. The van der Waals surface area contributed by atoms with Crippen LogP contribution in [0.15, 0.2) is 23.5 Å². The number of rotatable bonds is 7. The van der Waals surface area contributed by atoms with Crippen molar-refractivity contribution in [3.05, 3.63) is 35.2 Å². The zero-order valence-electron chi connectivity index (χ0n) is 19.5. The van der Waals surface area contributed by atoms with Gasteiger partial charge in [0.1, 0.15) is 12.5 Å². The third kappa shape index (κ3) is 4.72. The van der Waals surface area contributed by atoms with Gasteiger partial charge in [0, 0.05) is 38.4 Å². The molecule has 32 heavy (non-hydrogen) atoms. The molecule has 10 heteroatoms. The van der Waals surface area contributed by atoms with Crippen molar-refractivity contribution in [2.24, 2.45) is 0 Å². The normalized spacial score (nSPS) is 15.2. The Labute approximate surface area is 192 Å². The zero-order valence-corrected chi connectivity index (χ0v) is 21.3. The molecule has 1 aliphatic heterocycles. The van der Waals surface area contributed by atoms with Gasteiger partial charge >= 0.3 is 0 Å². The first-order valence-corrected chi connectivity index (χ1v) is 16.2. The molecule has 1 unspecified atom stereocenters. The van der Waals surface area contributed by atoms with E-state index >= 15 is 0 Å². The number of benzene rings is 1. The second-order valence-corrected chi connectivity index (χ2v) is 16.5. The van der Waals surface area contributed by atoms with Crippen LogP contribution in [0.4, 0.5) is 11.5 Å². The first kappa shape index (κ1) is 22.9. The summed E-state index contributed by atoms with van der Waals surface area (Å²) < 4.78 is 19.8. The van der Waals surface area contributed by atoms with E-state index in [4.69, 9.17) is 10.5 Å². The van der Waals surface area contributed by atoms with Crippen LogP contribution >= 0.6 is 0 Å². The number of aryl methyl sites for hydroxylation is 1. The standard InChI is InChI=1S/C22H32N6O2SSi/c1-15-6-7-19-17(12-24-28(19)14-30-10-11-32(3,4)5)20(15)27-9-8-16-18(13-27)25-22(31(2)29)26-21(16)23/h6-7,12H,8-11,13-14H2,1-5H3,(H2,23,25,26). The van der Waals surface area contributed by atoms with Crippen molar-refractivity contribution in [2.45, 2.75) is 57.5 Å². The minimum Gasteiger partial charge on any atom is -0.383 e. The number of nitrogen functional groups attached to an aromatic ring is 1. The van der Waals surface area contributed by atoms with E-state index in [0.717, 1.165) is 53.5 Å². The molecule has 1 aliphatic rings. The molecule has 3 aromatic rings. The molecule has 1 atom stereocenters. The van der Waals surface area contributed by atoms with Crippen LogP contribution in [-0.4, -0.2) is 51.4 Å². The molecule has 3 heterocycles. The number of ether oxygens (including phenoxy) is 1. The van der Waals surface area contributed by atoms with Crippen LogP contribution in [0.5, 0.6) is 0 Å². The summed E-state index contributed by atoms with van der Waals surface area (Å²) in [6.45, 7) is 11.8. The smallest absolute Gasteiger partial charge is 0.220 e. The number of hydrogen-bond donors (Lipinski definition) is 1. The van der Waals surface area contributed by atoms with Crippen LogP contribution in [0.3, 0.4) is 0 Å². The SMILES string of the molecule is Cc1ccc2c(cnn2COCC[Si](C)(C)C)c1N1CCc2c(N)nc(S(C)=O)nc2C1. The van der Waals surface area contributed by atoms with Crippen LogP contribution in [-0.2, 0) is 35.2 Å². The first-order valence-electron chi connectivity index (χ1n) is 10.9. The average molecular weight is 473 g/mol. The van der Waals surface area contributed by atoms with E-state index in [-0.39, 0.29) is 0 Å². The topological polar surface area (TPSA) is 99.2 Å². The quantitative estimate of drug-likeness (QED) is 0.320. The lowest BCUT2D eigenvalue weighted by atomic mass is 10.0. The molecule has 0 spiro atoms. The van der Waals surface area contributed by atoms with E-state index < -0.39 is 18.9 Å². The molecule has 4 rings (SSSR count). The largest absolute Gasteiger partial charge is 0.383 e. The number of anilines is 2. The Morgan fingerprint density at radius 2 is 2.03 bits per heavy atom. The molecular formula is C22H32N6O2SSi. The molecule has 2 aromatic heterocycles. The molecule has 1 aromatic carbocycles. The predicted octanol–water partition coefficient (Wildman–Crippen LogP) is 3.33. The monoisotopic (exact) mass is 472 g/mol. The van der Waals surface area contributed by atoms with Gasteiger partial charge in [-0.15, -0.1) is 0 Å². The Morgan fingerprint density at radius 1 is 1.25 bits per heavy atom. The minimum absolute atomic E-state index is 0.293. The van der Waals surface area contributed by atoms with Crippen molar-refractivity contribution < 1.29 is 8.95 Å². The Hall–Kier alpha value is -2.30. The molecule has 0 saturated carbocycles. The predicted molar refractivity (Wildman–Crippen MR) is 132 cm³/mol. The molecule has 8 nitrogen and oxygen atoms in total. The maximum atomic E-state index is 11.9. The van der Waals surface area contributed by atoms with Gasteiger partial charge in [-0.3, -0.25) is 4.21 Å². The summed E-state index contributed by atoms with van der Waals surface area (Å²) in [7, 11) is -2.39. The first-order chi connectivity index (χ1) is 15.1. The highest BCUT2D eigenvalue weighted by molar-refractivity contribution is 7.84. The van der Waals surface area contributed by atoms with Crippen molar-refractivity contribution in [2.75, 3.05) is 30.0 Å². The van der Waals surface area contributed by atoms with E-state index in [1.807, 2.05) is 10.9 Å². The van der Waals surface area contributed by atoms with Gasteiger partial charge in [-0.25, -0.2) is 14.6 Å². The van der Waals surface area contributed by atoms with Gasteiger partial charge < -0.3 is 15.4 Å². The van der Waals surface area contributed by atoms with Crippen LogP contribution < -0.4 is 10.6 Å². The van der Waals surface area contributed by atoms with Gasteiger partial charge in [-0.1, -0.05) is 25.7 Å². The molecule has 172 valence electrons. The van der Waals surface area contributed by atoms with Gasteiger partial charge in [0.25, 0.3) is 0 Å². The molecule has 0 aliphatic carbocycles. The molecular weight excluding hydrogens is 440 g/mol. The van der Waals surface area contributed by atoms with Crippen LogP contribution in [0.1, 0.15) is 16.8 Å². The molecule has 2 N–H and O–H groups in total. The lowest BCUT2D eigenvalue weighted by Gasteiger charge is -2.32. The highest BCUT2D eigenvalue weighted by atomic mass is 32.2. The summed E-state index contributed by atoms with van der Waals surface area (Å²) in [5.74, 6) is 0.443. The van der Waals surface area contributed by atoms with Crippen LogP contribution in [0, 0.1) is 6.92 Å².